The summed E-state index contributed by atoms with van der Waals surface area (Å²) in [4.78, 5) is 55.9. The van der Waals surface area contributed by atoms with Gasteiger partial charge in [0.25, 0.3) is 0 Å². The van der Waals surface area contributed by atoms with E-state index in [1.165, 1.54) is 34.8 Å². The van der Waals surface area contributed by atoms with E-state index in [1.807, 2.05) is 6.92 Å². The lowest BCUT2D eigenvalue weighted by Gasteiger charge is -2.46. The molecule has 0 aliphatic carbocycles. The van der Waals surface area contributed by atoms with Crippen molar-refractivity contribution >= 4 is 41.9 Å². The molecule has 0 spiro atoms. The van der Waals surface area contributed by atoms with Gasteiger partial charge in [-0.1, -0.05) is 6.92 Å². The number of carbonyl (C=O) groups excluding carboxylic acids is 2. The topological polar surface area (TPSA) is 186 Å². The van der Waals surface area contributed by atoms with Gasteiger partial charge in [-0.05, 0) is 19.8 Å². The van der Waals surface area contributed by atoms with Crippen LogP contribution in [0.5, 0.6) is 0 Å². The molecule has 2 amide bonds. The number of aliphatic hydroxyl groups is 1. The zero-order valence-electron chi connectivity index (χ0n) is 18.8. The summed E-state index contributed by atoms with van der Waals surface area (Å²) in [6.45, 7) is 4.16. The van der Waals surface area contributed by atoms with Gasteiger partial charge >= 0.3 is 11.9 Å². The Morgan fingerprint density at radius 3 is 2.68 bits per heavy atom. The third kappa shape index (κ3) is 4.21. The van der Waals surface area contributed by atoms with Gasteiger partial charge in [0.15, 0.2) is 0 Å². The molecule has 13 heteroatoms. The molecule has 4 aliphatic heterocycles. The molecule has 3 unspecified atom stereocenters. The van der Waals surface area contributed by atoms with Gasteiger partial charge in [-0.25, -0.2) is 4.79 Å². The van der Waals surface area contributed by atoms with Crippen LogP contribution in [0, 0.1) is 11.8 Å². The molecule has 0 aromatic carbocycles. The second-order valence-electron chi connectivity index (χ2n) is 9.30. The number of amides is 2. The molecule has 2 saturated heterocycles. The summed E-state index contributed by atoms with van der Waals surface area (Å²) < 4.78 is 0. The Labute approximate surface area is 200 Å². The monoisotopic (exact) mass is 495 g/mol. The Balaban J connectivity index is 1.38. The Hall–Kier alpha value is -2.48. The van der Waals surface area contributed by atoms with Gasteiger partial charge in [0.1, 0.15) is 11.7 Å². The number of carbonyl (C=O) groups is 4. The molecule has 0 aromatic rings. The maximum atomic E-state index is 12.9. The predicted molar refractivity (Wildman–Crippen MR) is 122 cm³/mol. The Morgan fingerprint density at radius 2 is 2.06 bits per heavy atom. The van der Waals surface area contributed by atoms with Gasteiger partial charge in [-0.2, -0.15) is 0 Å². The SMILES string of the molecule is C[C@H]1C(S[C@H]2CN[C@H](C(=O)N3C=NC(CC(N)C(=O)O)C3)C2)=C(C(=O)O)N2C(=O)[C@H]([C@@H](C)O)C12. The van der Waals surface area contributed by atoms with Crippen LogP contribution in [0.3, 0.4) is 0 Å². The highest BCUT2D eigenvalue weighted by atomic mass is 32.2. The van der Waals surface area contributed by atoms with Crippen molar-refractivity contribution in [2.24, 2.45) is 22.6 Å². The van der Waals surface area contributed by atoms with Crippen LogP contribution in [0.25, 0.3) is 0 Å². The molecular formula is C21H29N5O7S. The van der Waals surface area contributed by atoms with Crippen molar-refractivity contribution in [3.05, 3.63) is 10.6 Å². The highest BCUT2D eigenvalue weighted by Crippen LogP contribution is 2.51. The highest BCUT2D eigenvalue weighted by molar-refractivity contribution is 8.03. The van der Waals surface area contributed by atoms with Gasteiger partial charge in [-0.3, -0.25) is 24.3 Å². The fourth-order valence-corrected chi connectivity index (χ4v) is 6.69. The Morgan fingerprint density at radius 1 is 1.35 bits per heavy atom. The van der Waals surface area contributed by atoms with Crippen molar-refractivity contribution in [1.82, 2.24) is 15.1 Å². The lowest BCUT2D eigenvalue weighted by atomic mass is 9.79. The molecule has 8 atom stereocenters. The number of carboxylic acids is 2. The number of fused-ring (bicyclic) bond motifs is 1. The number of hydrogen-bond acceptors (Lipinski definition) is 9. The van der Waals surface area contributed by atoms with E-state index in [0.29, 0.717) is 17.9 Å². The number of nitrogens with one attached hydrogen (secondary N) is 1. The summed E-state index contributed by atoms with van der Waals surface area (Å²) in [6, 6.07) is -2.26. The van der Waals surface area contributed by atoms with Gasteiger partial charge < -0.3 is 31.3 Å². The number of nitrogens with zero attached hydrogens (tertiary/aromatic N) is 3. The van der Waals surface area contributed by atoms with Crippen molar-refractivity contribution in [2.45, 2.75) is 62.2 Å². The molecule has 4 aliphatic rings. The predicted octanol–water partition coefficient (Wildman–Crippen LogP) is -1.36. The standard InChI is InChI=1S/C21H29N5O7S/c1-8-15-14(9(2)27)19(29)26(15)16(21(32)33)17(8)34-11-4-13(23-5-11)18(28)25-6-10(24-7-25)3-12(22)20(30)31/h7-15,23,27H,3-6,22H2,1-2H3,(H,30,31)(H,32,33)/t8-,9-,10?,11-,12?,13+,14-,15?/m1/s1. The number of carboxylic acid groups (broad SMARTS) is 2. The van der Waals surface area contributed by atoms with Crippen LogP contribution in [0.2, 0.25) is 0 Å². The summed E-state index contributed by atoms with van der Waals surface area (Å²) in [5.74, 6) is -3.68. The lowest BCUT2D eigenvalue weighted by Crippen LogP contribution is -2.63. The summed E-state index contributed by atoms with van der Waals surface area (Å²) in [7, 11) is 0. The molecule has 0 bridgehead atoms. The first-order chi connectivity index (χ1) is 16.0. The van der Waals surface area contributed by atoms with E-state index in [-0.39, 0.29) is 53.7 Å². The number of rotatable bonds is 8. The molecule has 4 heterocycles. The Kier molecular flexibility index (Phi) is 6.73. The number of β-lactam (4-membered cyclic amide) rings is 1. The second kappa shape index (κ2) is 9.29. The Bertz CT molecular complexity index is 969. The van der Waals surface area contributed by atoms with Crippen molar-refractivity contribution in [1.29, 1.82) is 0 Å². The van der Waals surface area contributed by atoms with Crippen LogP contribution < -0.4 is 11.1 Å². The van der Waals surface area contributed by atoms with E-state index in [9.17, 15) is 29.4 Å². The van der Waals surface area contributed by atoms with Crippen LogP contribution in [0.15, 0.2) is 15.6 Å². The zero-order valence-corrected chi connectivity index (χ0v) is 19.6. The minimum atomic E-state index is -1.17. The van der Waals surface area contributed by atoms with Crippen LogP contribution in [-0.4, -0.2) is 104 Å². The fourth-order valence-electron chi connectivity index (χ4n) is 5.21. The van der Waals surface area contributed by atoms with Crippen molar-refractivity contribution in [3.63, 3.8) is 0 Å². The smallest absolute Gasteiger partial charge is 0.353 e. The quantitative estimate of drug-likeness (QED) is 0.252. The normalized spacial score (nSPS) is 34.3. The number of aliphatic hydroxyl groups excluding tert-OH is 1. The summed E-state index contributed by atoms with van der Waals surface area (Å²) in [6.07, 6.45) is 1.16. The van der Waals surface area contributed by atoms with Gasteiger partial charge in [0, 0.05) is 29.2 Å². The average molecular weight is 496 g/mol. The van der Waals surface area contributed by atoms with Crippen LogP contribution >= 0.6 is 11.8 Å². The maximum Gasteiger partial charge on any atom is 0.353 e. The van der Waals surface area contributed by atoms with Crippen molar-refractivity contribution < 1.29 is 34.5 Å². The first kappa shape index (κ1) is 24.6. The van der Waals surface area contributed by atoms with Crippen LogP contribution in [-0.2, 0) is 19.2 Å². The number of thioether (sulfide) groups is 1. The molecule has 0 aromatic heterocycles. The summed E-state index contributed by atoms with van der Waals surface area (Å²) in [5, 5.41) is 31.8. The van der Waals surface area contributed by atoms with Gasteiger partial charge in [0.2, 0.25) is 11.8 Å². The molecule has 0 radical (unpaired) electrons. The van der Waals surface area contributed by atoms with E-state index < -0.39 is 36.0 Å². The number of aliphatic carboxylic acids is 2. The average Bonchev–Trinajstić information content (AvgIpc) is 3.46. The third-order valence-electron chi connectivity index (χ3n) is 6.94. The summed E-state index contributed by atoms with van der Waals surface area (Å²) in [5.41, 5.74) is 5.54. The molecule has 34 heavy (non-hydrogen) atoms. The lowest BCUT2D eigenvalue weighted by molar-refractivity contribution is -0.163. The number of nitrogens with two attached hydrogens (primary N) is 1. The molecule has 6 N–H and O–H groups in total. The number of aliphatic imine (C=N–C) groups is 1. The largest absolute Gasteiger partial charge is 0.480 e. The molecular weight excluding hydrogens is 466 g/mol. The first-order valence-corrected chi connectivity index (χ1v) is 12.1. The molecule has 186 valence electrons. The van der Waals surface area contributed by atoms with E-state index in [0.717, 1.165) is 0 Å². The van der Waals surface area contributed by atoms with E-state index in [2.05, 4.69) is 10.3 Å². The first-order valence-electron chi connectivity index (χ1n) is 11.2. The van der Waals surface area contributed by atoms with Crippen LogP contribution in [0.4, 0.5) is 0 Å². The van der Waals surface area contributed by atoms with Gasteiger partial charge in [-0.15, -0.1) is 11.8 Å². The third-order valence-corrected chi connectivity index (χ3v) is 8.46. The highest BCUT2D eigenvalue weighted by Gasteiger charge is 2.60. The van der Waals surface area contributed by atoms with E-state index >= 15 is 0 Å². The molecule has 0 saturated carbocycles. The van der Waals surface area contributed by atoms with Crippen LogP contribution in [0.1, 0.15) is 26.7 Å². The zero-order chi connectivity index (χ0) is 24.9. The van der Waals surface area contributed by atoms with Gasteiger partial charge in [0.05, 0.1) is 36.5 Å². The molecule has 12 nitrogen and oxygen atoms in total. The second-order valence-corrected chi connectivity index (χ2v) is 10.6. The maximum absolute atomic E-state index is 12.9. The van der Waals surface area contributed by atoms with Crippen molar-refractivity contribution in [3.8, 4) is 0 Å². The van der Waals surface area contributed by atoms with Crippen molar-refractivity contribution in [2.75, 3.05) is 13.1 Å². The molecule has 2 fully saturated rings. The summed E-state index contributed by atoms with van der Waals surface area (Å²) >= 11 is 1.37. The fraction of sp³-hybridized carbons (Fsp3) is 0.667. The minimum absolute atomic E-state index is 0.0246. The molecule has 4 rings (SSSR count). The van der Waals surface area contributed by atoms with E-state index in [4.69, 9.17) is 10.8 Å². The number of hydrogen-bond donors (Lipinski definition) is 5. The van der Waals surface area contributed by atoms with E-state index in [1.54, 1.807) is 0 Å². The minimum Gasteiger partial charge on any atom is -0.480 e.